The molecule has 1 aromatic carbocycles. The van der Waals surface area contributed by atoms with Crippen LogP contribution in [0.15, 0.2) is 24.3 Å². The maximum absolute atomic E-state index is 11.6. The highest BCUT2D eigenvalue weighted by Crippen LogP contribution is 2.16. The van der Waals surface area contributed by atoms with Crippen molar-refractivity contribution in [3.63, 3.8) is 0 Å². The molecule has 5 nitrogen and oxygen atoms in total. The van der Waals surface area contributed by atoms with Gasteiger partial charge in [-0.1, -0.05) is 36.8 Å². The number of aryl methyl sites for hydroxylation is 1. The number of benzene rings is 1. The molecule has 2 N–H and O–H groups in total. The average molecular weight is 265 g/mol. The predicted octanol–water partition coefficient (Wildman–Crippen LogP) is 1.66. The number of nitrogens with one attached hydrogen (secondary N) is 1. The number of hydrogen-bond donors (Lipinski definition) is 2. The van der Waals surface area contributed by atoms with Gasteiger partial charge in [0.05, 0.1) is 6.04 Å². The molecule has 0 aromatic heterocycles. The largest absolute Gasteiger partial charge is 0.480 e. The highest BCUT2D eigenvalue weighted by molar-refractivity contribution is 5.78. The number of amides is 1. The molecule has 0 saturated heterocycles. The molecule has 0 fully saturated rings. The Kier molecular flexibility index (Phi) is 6.02. The second kappa shape index (κ2) is 7.53. The van der Waals surface area contributed by atoms with Crippen LogP contribution in [0.1, 0.15) is 30.5 Å². The van der Waals surface area contributed by atoms with Crippen LogP contribution < -0.4 is 5.32 Å². The lowest BCUT2D eigenvalue weighted by molar-refractivity contribution is -0.143. The third-order valence-corrected chi connectivity index (χ3v) is 2.68. The van der Waals surface area contributed by atoms with Crippen molar-refractivity contribution >= 4 is 11.9 Å². The summed E-state index contributed by atoms with van der Waals surface area (Å²) in [5, 5.41) is 11.2. The van der Waals surface area contributed by atoms with Crippen LogP contribution in [0.25, 0.3) is 0 Å². The number of carboxylic acids is 1. The van der Waals surface area contributed by atoms with E-state index >= 15 is 0 Å². The van der Waals surface area contributed by atoms with E-state index in [2.05, 4.69) is 5.32 Å². The Morgan fingerprint density at radius 2 is 1.89 bits per heavy atom. The van der Waals surface area contributed by atoms with Crippen molar-refractivity contribution in [1.82, 2.24) is 5.32 Å². The van der Waals surface area contributed by atoms with Crippen molar-refractivity contribution in [2.45, 2.75) is 26.3 Å². The van der Waals surface area contributed by atoms with Crippen molar-refractivity contribution in [3.8, 4) is 0 Å². The molecule has 1 aromatic rings. The molecule has 1 rings (SSSR count). The van der Waals surface area contributed by atoms with Crippen LogP contribution in [0.3, 0.4) is 0 Å². The number of ether oxygens (including phenoxy) is 1. The first kappa shape index (κ1) is 15.2. The molecule has 0 aliphatic carbocycles. The summed E-state index contributed by atoms with van der Waals surface area (Å²) in [7, 11) is 0. The fourth-order valence-corrected chi connectivity index (χ4v) is 1.69. The van der Waals surface area contributed by atoms with Gasteiger partial charge in [-0.3, -0.25) is 4.79 Å². The van der Waals surface area contributed by atoms with Gasteiger partial charge in [0.25, 0.3) is 0 Å². The summed E-state index contributed by atoms with van der Waals surface area (Å²) < 4.78 is 4.75. The lowest BCUT2D eigenvalue weighted by atomic mass is 10.0. The summed E-state index contributed by atoms with van der Waals surface area (Å²) in [5.41, 5.74) is 2.19. The summed E-state index contributed by atoms with van der Waals surface area (Å²) in [6.45, 7) is 3.27. The number of aliphatic carboxylic acids is 1. The highest BCUT2D eigenvalue weighted by atomic mass is 16.5. The van der Waals surface area contributed by atoms with Crippen molar-refractivity contribution < 1.29 is 19.4 Å². The molecule has 0 saturated carbocycles. The number of rotatable bonds is 7. The SMILES string of the molecule is CCC(NC(=O)COCC(=O)O)c1ccc(C)cc1. The van der Waals surface area contributed by atoms with Crippen LogP contribution in [-0.2, 0) is 14.3 Å². The molecule has 0 spiro atoms. The van der Waals surface area contributed by atoms with E-state index < -0.39 is 12.6 Å². The van der Waals surface area contributed by atoms with E-state index in [4.69, 9.17) is 9.84 Å². The van der Waals surface area contributed by atoms with Crippen LogP contribution in [0.4, 0.5) is 0 Å². The normalized spacial score (nSPS) is 11.9. The van der Waals surface area contributed by atoms with Crippen LogP contribution in [0.2, 0.25) is 0 Å². The monoisotopic (exact) mass is 265 g/mol. The topological polar surface area (TPSA) is 75.6 Å². The van der Waals surface area contributed by atoms with Crippen LogP contribution in [-0.4, -0.2) is 30.2 Å². The van der Waals surface area contributed by atoms with Crippen molar-refractivity contribution in [3.05, 3.63) is 35.4 Å². The first-order chi connectivity index (χ1) is 9.02. The van der Waals surface area contributed by atoms with Gasteiger partial charge >= 0.3 is 5.97 Å². The zero-order valence-electron chi connectivity index (χ0n) is 11.2. The lowest BCUT2D eigenvalue weighted by Gasteiger charge is -2.17. The summed E-state index contributed by atoms with van der Waals surface area (Å²) in [5.74, 6) is -1.40. The Morgan fingerprint density at radius 3 is 2.42 bits per heavy atom. The first-order valence-corrected chi connectivity index (χ1v) is 6.18. The van der Waals surface area contributed by atoms with E-state index in [0.29, 0.717) is 0 Å². The predicted molar refractivity (Wildman–Crippen MR) is 70.8 cm³/mol. The minimum absolute atomic E-state index is 0.0819. The van der Waals surface area contributed by atoms with Gasteiger partial charge in [-0.2, -0.15) is 0 Å². The number of carbonyl (C=O) groups is 2. The van der Waals surface area contributed by atoms with Gasteiger partial charge in [-0.25, -0.2) is 4.79 Å². The summed E-state index contributed by atoms with van der Waals surface area (Å²) in [6, 6.07) is 7.85. The van der Waals surface area contributed by atoms with Crippen LogP contribution in [0, 0.1) is 6.92 Å². The van der Waals surface area contributed by atoms with Gasteiger partial charge in [0.1, 0.15) is 13.2 Å². The van der Waals surface area contributed by atoms with Gasteiger partial charge < -0.3 is 15.2 Å². The molecular formula is C14H19NO4. The molecule has 5 heteroatoms. The summed E-state index contributed by atoms with van der Waals surface area (Å²) >= 11 is 0. The summed E-state index contributed by atoms with van der Waals surface area (Å²) in [6.07, 6.45) is 0.758. The molecule has 104 valence electrons. The first-order valence-electron chi connectivity index (χ1n) is 6.18. The summed E-state index contributed by atoms with van der Waals surface area (Å²) in [4.78, 5) is 21.9. The Labute approximate surface area is 112 Å². The standard InChI is InChI=1S/C14H19NO4/c1-3-12(11-6-4-10(2)5-7-11)15-13(16)8-19-9-14(17)18/h4-7,12H,3,8-9H2,1-2H3,(H,15,16)(H,17,18). The van der Waals surface area contributed by atoms with Gasteiger partial charge in [-0.05, 0) is 18.9 Å². The van der Waals surface area contributed by atoms with E-state index in [0.717, 1.165) is 17.5 Å². The quantitative estimate of drug-likeness (QED) is 0.786. The maximum atomic E-state index is 11.6. The molecule has 0 aliphatic heterocycles. The number of carboxylic acid groups (broad SMARTS) is 1. The van der Waals surface area contributed by atoms with Gasteiger partial charge in [-0.15, -0.1) is 0 Å². The molecule has 0 radical (unpaired) electrons. The van der Waals surface area contributed by atoms with Gasteiger partial charge in [0.15, 0.2) is 0 Å². The minimum Gasteiger partial charge on any atom is -0.480 e. The van der Waals surface area contributed by atoms with E-state index in [1.807, 2.05) is 38.1 Å². The maximum Gasteiger partial charge on any atom is 0.329 e. The van der Waals surface area contributed by atoms with E-state index in [1.54, 1.807) is 0 Å². The van der Waals surface area contributed by atoms with Gasteiger partial charge in [0.2, 0.25) is 5.91 Å². The zero-order valence-corrected chi connectivity index (χ0v) is 11.2. The molecule has 1 atom stereocenters. The third-order valence-electron chi connectivity index (χ3n) is 2.68. The zero-order chi connectivity index (χ0) is 14.3. The molecule has 0 heterocycles. The second-order valence-corrected chi connectivity index (χ2v) is 4.33. The number of hydrogen-bond acceptors (Lipinski definition) is 3. The van der Waals surface area contributed by atoms with E-state index in [-0.39, 0.29) is 18.6 Å². The van der Waals surface area contributed by atoms with Crippen molar-refractivity contribution in [2.75, 3.05) is 13.2 Å². The molecule has 1 unspecified atom stereocenters. The van der Waals surface area contributed by atoms with Crippen molar-refractivity contribution in [1.29, 1.82) is 0 Å². The van der Waals surface area contributed by atoms with Crippen molar-refractivity contribution in [2.24, 2.45) is 0 Å². The smallest absolute Gasteiger partial charge is 0.329 e. The fourth-order valence-electron chi connectivity index (χ4n) is 1.69. The Balaban J connectivity index is 2.50. The van der Waals surface area contributed by atoms with E-state index in [1.165, 1.54) is 0 Å². The lowest BCUT2D eigenvalue weighted by Crippen LogP contribution is -2.32. The second-order valence-electron chi connectivity index (χ2n) is 4.33. The average Bonchev–Trinajstić information content (AvgIpc) is 2.36. The molecule has 19 heavy (non-hydrogen) atoms. The Hall–Kier alpha value is -1.88. The third kappa shape index (κ3) is 5.52. The number of carbonyl (C=O) groups excluding carboxylic acids is 1. The molecule has 0 bridgehead atoms. The molecule has 0 aliphatic rings. The highest BCUT2D eigenvalue weighted by Gasteiger charge is 2.12. The minimum atomic E-state index is -1.08. The van der Waals surface area contributed by atoms with Gasteiger partial charge in [0, 0.05) is 0 Å². The fraction of sp³-hybridized carbons (Fsp3) is 0.429. The molecule has 1 amide bonds. The molecular weight excluding hydrogens is 246 g/mol. The Morgan fingerprint density at radius 1 is 1.26 bits per heavy atom. The Bertz CT molecular complexity index is 428. The van der Waals surface area contributed by atoms with Crippen LogP contribution in [0.5, 0.6) is 0 Å². The van der Waals surface area contributed by atoms with E-state index in [9.17, 15) is 9.59 Å². The van der Waals surface area contributed by atoms with Crippen LogP contribution >= 0.6 is 0 Å².